The monoisotopic (exact) mass is 297 g/mol. The fourth-order valence-corrected chi connectivity index (χ4v) is 2.26. The topological polar surface area (TPSA) is 57.6 Å². The fraction of sp³-hybridized carbons (Fsp3) is 0.467. The molecule has 0 aromatic heterocycles. The summed E-state index contributed by atoms with van der Waals surface area (Å²) in [5.41, 5.74) is 0.260. The van der Waals surface area contributed by atoms with Crippen molar-refractivity contribution in [3.63, 3.8) is 0 Å². The van der Waals surface area contributed by atoms with Gasteiger partial charge in [-0.05, 0) is 31.0 Å². The molecule has 0 saturated carbocycles. The lowest BCUT2D eigenvalue weighted by Gasteiger charge is -2.31. The van der Waals surface area contributed by atoms with Crippen molar-refractivity contribution >= 4 is 23.5 Å². The lowest BCUT2D eigenvalue weighted by molar-refractivity contribution is -0.152. The van der Waals surface area contributed by atoms with E-state index in [1.165, 1.54) is 18.9 Å². The molecule has 0 aliphatic heterocycles. The van der Waals surface area contributed by atoms with Crippen LogP contribution < -0.4 is 0 Å². The molecule has 1 unspecified atom stereocenters. The van der Waals surface area contributed by atoms with E-state index in [0.717, 1.165) is 5.56 Å². The first-order chi connectivity index (χ1) is 9.15. The highest BCUT2D eigenvalue weighted by atomic mass is 35.5. The van der Waals surface area contributed by atoms with E-state index < -0.39 is 17.4 Å². The van der Waals surface area contributed by atoms with Gasteiger partial charge in [-0.3, -0.25) is 4.79 Å². The van der Waals surface area contributed by atoms with Crippen LogP contribution in [0.5, 0.6) is 0 Å². The van der Waals surface area contributed by atoms with Gasteiger partial charge in [0, 0.05) is 17.5 Å². The molecule has 1 N–H and O–H groups in total. The molecule has 0 spiro atoms. The van der Waals surface area contributed by atoms with Crippen molar-refractivity contribution in [1.82, 2.24) is 4.90 Å². The molecular weight excluding hydrogens is 278 g/mol. The van der Waals surface area contributed by atoms with E-state index in [4.69, 9.17) is 16.7 Å². The number of hydrogen-bond acceptors (Lipinski definition) is 2. The van der Waals surface area contributed by atoms with Crippen LogP contribution in [0.25, 0.3) is 0 Å². The van der Waals surface area contributed by atoms with E-state index in [1.807, 2.05) is 18.2 Å². The SMILES string of the molecule is CC(C(=O)O)N(C)C(=O)C(C)(C)Cc1cccc(Cl)c1. The minimum absolute atomic E-state index is 0.202. The summed E-state index contributed by atoms with van der Waals surface area (Å²) in [5.74, 6) is -1.22. The van der Waals surface area contributed by atoms with Crippen molar-refractivity contribution in [2.75, 3.05) is 7.05 Å². The normalized spacial score (nSPS) is 12.8. The molecule has 1 aromatic carbocycles. The second-order valence-electron chi connectivity index (χ2n) is 5.62. The van der Waals surface area contributed by atoms with Crippen molar-refractivity contribution in [1.29, 1.82) is 0 Å². The molecular formula is C15H20ClNO3. The number of carboxylic acid groups (broad SMARTS) is 1. The molecule has 0 heterocycles. The maximum absolute atomic E-state index is 12.4. The number of hydrogen-bond donors (Lipinski definition) is 1. The molecule has 1 atom stereocenters. The largest absolute Gasteiger partial charge is 0.480 e. The number of likely N-dealkylation sites (N-methyl/N-ethyl adjacent to an activating group) is 1. The molecule has 0 bridgehead atoms. The van der Waals surface area contributed by atoms with E-state index in [9.17, 15) is 9.59 Å². The lowest BCUT2D eigenvalue weighted by Crippen LogP contribution is -2.47. The molecule has 4 nitrogen and oxygen atoms in total. The maximum Gasteiger partial charge on any atom is 0.326 e. The van der Waals surface area contributed by atoms with Gasteiger partial charge in [-0.15, -0.1) is 0 Å². The van der Waals surface area contributed by atoms with Gasteiger partial charge in [0.25, 0.3) is 0 Å². The number of rotatable bonds is 5. The van der Waals surface area contributed by atoms with Crippen molar-refractivity contribution in [2.45, 2.75) is 33.2 Å². The Bertz CT molecular complexity index is 514. The summed E-state index contributed by atoms with van der Waals surface area (Å²) in [6.07, 6.45) is 0.503. The number of aliphatic carboxylic acids is 1. The third kappa shape index (κ3) is 3.97. The van der Waals surface area contributed by atoms with Gasteiger partial charge in [0.1, 0.15) is 6.04 Å². The molecule has 1 amide bonds. The minimum atomic E-state index is -1.01. The van der Waals surface area contributed by atoms with Gasteiger partial charge in [0.15, 0.2) is 0 Å². The Labute approximate surface area is 124 Å². The summed E-state index contributed by atoms with van der Waals surface area (Å²) in [4.78, 5) is 24.7. The first-order valence-corrected chi connectivity index (χ1v) is 6.77. The summed E-state index contributed by atoms with van der Waals surface area (Å²) in [7, 11) is 1.51. The second kappa shape index (κ2) is 6.27. The fourth-order valence-electron chi connectivity index (χ4n) is 2.05. The summed E-state index contributed by atoms with van der Waals surface area (Å²) in [5, 5.41) is 9.60. The Morgan fingerprint density at radius 2 is 2.00 bits per heavy atom. The van der Waals surface area contributed by atoms with Crippen LogP contribution in [0.2, 0.25) is 5.02 Å². The van der Waals surface area contributed by atoms with Crippen LogP contribution in [0.15, 0.2) is 24.3 Å². The third-order valence-corrected chi connectivity index (χ3v) is 3.61. The smallest absolute Gasteiger partial charge is 0.326 e. The molecule has 1 aromatic rings. The van der Waals surface area contributed by atoms with Crippen LogP contribution in [0, 0.1) is 5.41 Å². The van der Waals surface area contributed by atoms with Gasteiger partial charge >= 0.3 is 5.97 Å². The lowest BCUT2D eigenvalue weighted by atomic mass is 9.84. The number of carbonyl (C=O) groups is 2. The molecule has 0 aliphatic rings. The highest BCUT2D eigenvalue weighted by Gasteiger charge is 2.34. The van der Waals surface area contributed by atoms with Crippen molar-refractivity contribution in [3.05, 3.63) is 34.9 Å². The average Bonchev–Trinajstić information content (AvgIpc) is 2.35. The minimum Gasteiger partial charge on any atom is -0.480 e. The van der Waals surface area contributed by atoms with Crippen molar-refractivity contribution < 1.29 is 14.7 Å². The van der Waals surface area contributed by atoms with Gasteiger partial charge in [-0.2, -0.15) is 0 Å². The third-order valence-electron chi connectivity index (χ3n) is 3.37. The van der Waals surface area contributed by atoms with Gasteiger partial charge < -0.3 is 10.0 Å². The Morgan fingerprint density at radius 1 is 1.40 bits per heavy atom. The zero-order valence-corrected chi connectivity index (χ0v) is 12.9. The molecule has 0 saturated heterocycles. The van der Waals surface area contributed by atoms with Gasteiger partial charge in [0.2, 0.25) is 5.91 Å². The quantitative estimate of drug-likeness (QED) is 0.909. The number of benzene rings is 1. The number of amides is 1. The Morgan fingerprint density at radius 3 is 2.50 bits per heavy atom. The number of carboxylic acids is 1. The molecule has 20 heavy (non-hydrogen) atoms. The van der Waals surface area contributed by atoms with Gasteiger partial charge in [0.05, 0.1) is 0 Å². The van der Waals surface area contributed by atoms with Crippen molar-refractivity contribution in [2.24, 2.45) is 5.41 Å². The van der Waals surface area contributed by atoms with E-state index in [-0.39, 0.29) is 5.91 Å². The van der Waals surface area contributed by atoms with E-state index >= 15 is 0 Å². The van der Waals surface area contributed by atoms with E-state index in [1.54, 1.807) is 19.9 Å². The summed E-state index contributed by atoms with van der Waals surface area (Å²) >= 11 is 5.93. The summed E-state index contributed by atoms with van der Waals surface area (Å²) < 4.78 is 0. The molecule has 0 aliphatic carbocycles. The summed E-state index contributed by atoms with van der Waals surface area (Å²) in [6.45, 7) is 5.11. The van der Waals surface area contributed by atoms with E-state index in [2.05, 4.69) is 0 Å². The Kier molecular flexibility index (Phi) is 5.17. The Balaban J connectivity index is 2.87. The molecule has 1 rings (SSSR count). The van der Waals surface area contributed by atoms with E-state index in [0.29, 0.717) is 11.4 Å². The van der Waals surface area contributed by atoms with Crippen LogP contribution in [-0.2, 0) is 16.0 Å². The highest BCUT2D eigenvalue weighted by Crippen LogP contribution is 2.26. The van der Waals surface area contributed by atoms with Gasteiger partial charge in [-0.1, -0.05) is 37.6 Å². The number of carbonyl (C=O) groups excluding carboxylic acids is 1. The van der Waals surface area contributed by atoms with Crippen LogP contribution in [0.1, 0.15) is 26.3 Å². The highest BCUT2D eigenvalue weighted by molar-refractivity contribution is 6.30. The molecule has 0 radical (unpaired) electrons. The second-order valence-corrected chi connectivity index (χ2v) is 6.06. The number of halogens is 1. The Hall–Kier alpha value is -1.55. The van der Waals surface area contributed by atoms with Crippen LogP contribution in [0.3, 0.4) is 0 Å². The van der Waals surface area contributed by atoms with Crippen molar-refractivity contribution in [3.8, 4) is 0 Å². The van der Waals surface area contributed by atoms with Crippen LogP contribution in [-0.4, -0.2) is 35.0 Å². The zero-order valence-electron chi connectivity index (χ0n) is 12.2. The van der Waals surface area contributed by atoms with Crippen LogP contribution in [0.4, 0.5) is 0 Å². The predicted molar refractivity (Wildman–Crippen MR) is 78.8 cm³/mol. The predicted octanol–water partition coefficient (Wildman–Crippen LogP) is 2.84. The number of nitrogens with zero attached hydrogens (tertiary/aromatic N) is 1. The maximum atomic E-state index is 12.4. The average molecular weight is 298 g/mol. The molecule has 110 valence electrons. The van der Waals surface area contributed by atoms with Crippen LogP contribution >= 0.6 is 11.6 Å². The summed E-state index contributed by atoms with van der Waals surface area (Å²) in [6, 6.07) is 6.49. The zero-order chi connectivity index (χ0) is 15.5. The molecule has 0 fully saturated rings. The molecule has 5 heteroatoms. The standard InChI is InChI=1S/C15H20ClNO3/c1-10(13(18)19)17(4)14(20)15(2,3)9-11-6-5-7-12(16)8-11/h5-8,10H,9H2,1-4H3,(H,18,19). The van der Waals surface area contributed by atoms with Gasteiger partial charge in [-0.25, -0.2) is 4.79 Å². The first kappa shape index (κ1) is 16.5. The first-order valence-electron chi connectivity index (χ1n) is 6.39.